The van der Waals surface area contributed by atoms with Gasteiger partial charge in [-0.1, -0.05) is 0 Å². The Morgan fingerprint density at radius 2 is 2.10 bits per heavy atom. The van der Waals surface area contributed by atoms with E-state index in [4.69, 9.17) is 14.0 Å². The van der Waals surface area contributed by atoms with Gasteiger partial charge in [0.25, 0.3) is 10.1 Å². The zero-order valence-electron chi connectivity index (χ0n) is 11.6. The van der Waals surface area contributed by atoms with Gasteiger partial charge in [-0.15, -0.1) is 11.3 Å². The number of quaternary nitrogens is 1. The summed E-state index contributed by atoms with van der Waals surface area (Å²) in [5, 5.41) is 3.83. The minimum absolute atomic E-state index is 0.0437. The Labute approximate surface area is 123 Å². The molecule has 1 aliphatic heterocycles. The van der Waals surface area contributed by atoms with Crippen molar-refractivity contribution in [1.82, 2.24) is 0 Å². The van der Waals surface area contributed by atoms with Crippen LogP contribution in [0.15, 0.2) is 10.8 Å². The van der Waals surface area contributed by atoms with Gasteiger partial charge in [-0.2, -0.15) is 8.42 Å². The second kappa shape index (κ2) is 5.88. The van der Waals surface area contributed by atoms with Gasteiger partial charge in [-0.3, -0.25) is 4.55 Å². The predicted octanol–water partition coefficient (Wildman–Crippen LogP) is 1.24. The molecule has 0 saturated heterocycles. The minimum atomic E-state index is -3.88. The highest BCUT2D eigenvalue weighted by atomic mass is 32.2. The fourth-order valence-electron chi connectivity index (χ4n) is 2.27. The molecule has 114 valence electrons. The fourth-order valence-corrected chi connectivity index (χ4v) is 3.43. The molecule has 1 unspecified atom stereocenters. The number of nitrogens with zero attached hydrogens (tertiary/aromatic N) is 1. The Bertz CT molecular complexity index is 552. The van der Waals surface area contributed by atoms with E-state index in [2.05, 4.69) is 0 Å². The molecule has 1 aliphatic rings. The largest absolute Gasteiger partial charge is 0.485 e. The zero-order chi connectivity index (χ0) is 14.8. The Balaban J connectivity index is 1.83. The summed E-state index contributed by atoms with van der Waals surface area (Å²) < 4.78 is 42.3. The molecule has 6 nitrogen and oxygen atoms in total. The number of likely N-dealkylation sites (N-methyl/N-ethyl adjacent to an activating group) is 1. The van der Waals surface area contributed by atoms with Crippen LogP contribution in [0.4, 0.5) is 0 Å². The van der Waals surface area contributed by atoms with E-state index in [0.29, 0.717) is 24.1 Å². The summed E-state index contributed by atoms with van der Waals surface area (Å²) in [5.41, 5.74) is 0. The topological polar surface area (TPSA) is 72.8 Å². The lowest BCUT2D eigenvalue weighted by molar-refractivity contribution is -0.893. The smallest absolute Gasteiger partial charge is 0.265 e. The van der Waals surface area contributed by atoms with E-state index in [1.54, 1.807) is 11.3 Å². The molecule has 0 amide bonds. The standard InChI is InChI=1S/C12H19NO5S2/c1-13(2,4-3-5-20(14,15)16)6-10-7-17-11-8-19-9-12(11)18-10/h8-10H,3-7H2,1-2H3/p+1. The normalized spacial score (nSPS) is 19.1. The third-order valence-electron chi connectivity index (χ3n) is 3.17. The van der Waals surface area contributed by atoms with Crippen LogP contribution in [-0.4, -0.2) is 63.1 Å². The zero-order valence-corrected chi connectivity index (χ0v) is 13.2. The molecule has 0 saturated carbocycles. The van der Waals surface area contributed by atoms with E-state index in [1.807, 2.05) is 24.9 Å². The van der Waals surface area contributed by atoms with Crippen LogP contribution in [-0.2, 0) is 10.1 Å². The first-order valence-electron chi connectivity index (χ1n) is 6.38. The molecule has 1 N–H and O–H groups in total. The molecular weight excluding hydrogens is 302 g/mol. The van der Waals surface area contributed by atoms with Gasteiger partial charge in [-0.05, 0) is 0 Å². The Morgan fingerprint density at radius 3 is 2.80 bits per heavy atom. The second-order valence-electron chi connectivity index (χ2n) is 5.63. The molecule has 0 spiro atoms. The number of hydrogen-bond donors (Lipinski definition) is 1. The van der Waals surface area contributed by atoms with Gasteiger partial charge in [-0.25, -0.2) is 0 Å². The summed E-state index contributed by atoms with van der Waals surface area (Å²) in [6.45, 7) is 1.88. The van der Waals surface area contributed by atoms with Gasteiger partial charge in [0.1, 0.15) is 13.2 Å². The summed E-state index contributed by atoms with van der Waals surface area (Å²) in [6, 6.07) is 0. The van der Waals surface area contributed by atoms with E-state index in [1.165, 1.54) is 0 Å². The third-order valence-corrected chi connectivity index (χ3v) is 4.68. The molecule has 2 heterocycles. The van der Waals surface area contributed by atoms with Crippen LogP contribution in [0.25, 0.3) is 0 Å². The van der Waals surface area contributed by atoms with Crippen molar-refractivity contribution in [3.05, 3.63) is 10.8 Å². The van der Waals surface area contributed by atoms with Crippen LogP contribution in [0.2, 0.25) is 0 Å². The van der Waals surface area contributed by atoms with Gasteiger partial charge in [0.05, 0.1) is 26.4 Å². The molecule has 0 aliphatic carbocycles. The van der Waals surface area contributed by atoms with Gasteiger partial charge in [0.15, 0.2) is 17.6 Å². The predicted molar refractivity (Wildman–Crippen MR) is 77.1 cm³/mol. The molecule has 1 atom stereocenters. The summed E-state index contributed by atoms with van der Waals surface area (Å²) in [4.78, 5) is 0. The van der Waals surface area contributed by atoms with Crippen LogP contribution in [0.3, 0.4) is 0 Å². The monoisotopic (exact) mass is 322 g/mol. The first-order chi connectivity index (χ1) is 9.25. The Hall–Kier alpha value is -0.830. The highest BCUT2D eigenvalue weighted by Crippen LogP contribution is 2.35. The van der Waals surface area contributed by atoms with E-state index in [-0.39, 0.29) is 11.9 Å². The highest BCUT2D eigenvalue weighted by Gasteiger charge is 2.29. The minimum Gasteiger partial charge on any atom is -0.485 e. The molecule has 0 radical (unpaired) electrons. The van der Waals surface area contributed by atoms with Gasteiger partial charge in [0.2, 0.25) is 0 Å². The second-order valence-corrected chi connectivity index (χ2v) is 7.95. The van der Waals surface area contributed by atoms with E-state index in [9.17, 15) is 8.42 Å². The average molecular weight is 322 g/mol. The summed E-state index contributed by atoms with van der Waals surface area (Å²) in [6.07, 6.45) is 0.376. The van der Waals surface area contributed by atoms with Crippen molar-refractivity contribution in [2.24, 2.45) is 0 Å². The van der Waals surface area contributed by atoms with Crippen LogP contribution in [0, 0.1) is 0 Å². The Morgan fingerprint density at radius 1 is 1.40 bits per heavy atom. The third kappa shape index (κ3) is 4.62. The van der Waals surface area contributed by atoms with Crippen LogP contribution >= 0.6 is 11.3 Å². The SMILES string of the molecule is C[N+](C)(CCCS(=O)(=O)O)CC1COc2cscc2O1. The van der Waals surface area contributed by atoms with Crippen molar-refractivity contribution in [2.45, 2.75) is 12.5 Å². The lowest BCUT2D eigenvalue weighted by Crippen LogP contribution is -2.50. The number of hydrogen-bond acceptors (Lipinski definition) is 5. The van der Waals surface area contributed by atoms with Crippen LogP contribution < -0.4 is 9.47 Å². The summed E-state index contributed by atoms with van der Waals surface area (Å²) in [5.74, 6) is 1.37. The maximum absolute atomic E-state index is 10.7. The van der Waals surface area contributed by atoms with Crippen molar-refractivity contribution < 1.29 is 26.9 Å². The number of thiophene rings is 1. The summed E-state index contributed by atoms with van der Waals surface area (Å²) >= 11 is 1.54. The van der Waals surface area contributed by atoms with Gasteiger partial charge < -0.3 is 14.0 Å². The molecule has 2 rings (SSSR count). The average Bonchev–Trinajstić information content (AvgIpc) is 2.73. The van der Waals surface area contributed by atoms with Crippen molar-refractivity contribution in [2.75, 3.05) is 39.5 Å². The lowest BCUT2D eigenvalue weighted by atomic mass is 10.2. The Kier molecular flexibility index (Phi) is 4.58. The molecule has 0 aromatic carbocycles. The van der Waals surface area contributed by atoms with E-state index >= 15 is 0 Å². The number of fused-ring (bicyclic) bond motifs is 1. The number of rotatable bonds is 6. The van der Waals surface area contributed by atoms with Crippen LogP contribution in [0.1, 0.15) is 6.42 Å². The molecule has 1 aromatic rings. The van der Waals surface area contributed by atoms with Crippen molar-refractivity contribution in [1.29, 1.82) is 0 Å². The maximum atomic E-state index is 10.7. The van der Waals surface area contributed by atoms with Gasteiger partial charge in [0, 0.05) is 17.2 Å². The molecule has 0 fully saturated rings. The molecule has 8 heteroatoms. The molecule has 20 heavy (non-hydrogen) atoms. The van der Waals surface area contributed by atoms with Crippen molar-refractivity contribution >= 4 is 21.5 Å². The fraction of sp³-hybridized carbons (Fsp3) is 0.667. The lowest BCUT2D eigenvalue weighted by Gasteiger charge is -2.34. The number of ether oxygens (including phenoxy) is 2. The summed E-state index contributed by atoms with van der Waals surface area (Å²) in [7, 11) is 0.144. The first-order valence-corrected chi connectivity index (χ1v) is 8.93. The maximum Gasteiger partial charge on any atom is 0.265 e. The first kappa shape index (κ1) is 15.6. The highest BCUT2D eigenvalue weighted by molar-refractivity contribution is 7.85. The molecule has 1 aromatic heterocycles. The van der Waals surface area contributed by atoms with Crippen molar-refractivity contribution in [3.63, 3.8) is 0 Å². The molecular formula is C12H20NO5S2+. The van der Waals surface area contributed by atoms with Crippen molar-refractivity contribution in [3.8, 4) is 11.5 Å². The molecule has 0 bridgehead atoms. The van der Waals surface area contributed by atoms with Crippen LogP contribution in [0.5, 0.6) is 11.5 Å². The quantitative estimate of drug-likeness (QED) is 0.630. The van der Waals surface area contributed by atoms with E-state index < -0.39 is 10.1 Å². The van der Waals surface area contributed by atoms with E-state index in [0.717, 1.165) is 18.0 Å². The van der Waals surface area contributed by atoms with Gasteiger partial charge >= 0.3 is 0 Å².